The van der Waals surface area contributed by atoms with Crippen LogP contribution in [0.4, 0.5) is 11.9 Å². The monoisotopic (exact) mass is 285 g/mol. The number of aromatic nitrogens is 3. The molecule has 106 valence electrons. The summed E-state index contributed by atoms with van der Waals surface area (Å²) < 4.78 is 0. The molecule has 0 saturated carbocycles. The number of piperidine rings is 1. The van der Waals surface area contributed by atoms with Crippen molar-refractivity contribution in [2.24, 2.45) is 0 Å². The van der Waals surface area contributed by atoms with Gasteiger partial charge in [-0.25, -0.2) is 0 Å². The predicted octanol–water partition coefficient (Wildman–Crippen LogP) is 1.33. The van der Waals surface area contributed by atoms with Crippen LogP contribution in [0.5, 0.6) is 0 Å². The van der Waals surface area contributed by atoms with Crippen LogP contribution in [0.2, 0.25) is 5.28 Å². The van der Waals surface area contributed by atoms with Crippen LogP contribution in [0.15, 0.2) is 0 Å². The fourth-order valence-corrected chi connectivity index (χ4v) is 2.52. The lowest BCUT2D eigenvalue weighted by molar-refractivity contribution is 0.261. The highest BCUT2D eigenvalue weighted by atomic mass is 35.5. The lowest BCUT2D eigenvalue weighted by Crippen LogP contribution is -2.41. The van der Waals surface area contributed by atoms with Gasteiger partial charge in [-0.3, -0.25) is 0 Å². The molecule has 0 aliphatic carbocycles. The average molecular weight is 286 g/mol. The van der Waals surface area contributed by atoms with E-state index >= 15 is 0 Å². The van der Waals surface area contributed by atoms with Gasteiger partial charge < -0.3 is 14.9 Å². The third-order valence-corrected chi connectivity index (χ3v) is 3.50. The minimum absolute atomic E-state index is 0.181. The Morgan fingerprint density at radius 3 is 2.79 bits per heavy atom. The molecule has 1 aromatic heterocycles. The van der Waals surface area contributed by atoms with E-state index in [4.69, 9.17) is 16.7 Å². The Labute approximate surface area is 118 Å². The SMILES string of the molecule is CN(C)c1nc(Cl)nc(N2CCCCC2CCO)n1. The van der Waals surface area contributed by atoms with Gasteiger partial charge in [0, 0.05) is 33.3 Å². The second-order valence-electron chi connectivity index (χ2n) is 4.95. The van der Waals surface area contributed by atoms with Crippen LogP contribution >= 0.6 is 11.6 Å². The Morgan fingerprint density at radius 1 is 1.32 bits per heavy atom. The number of rotatable bonds is 4. The van der Waals surface area contributed by atoms with Gasteiger partial charge in [0.1, 0.15) is 0 Å². The highest BCUT2D eigenvalue weighted by Gasteiger charge is 2.25. The van der Waals surface area contributed by atoms with Crippen molar-refractivity contribution in [3.63, 3.8) is 0 Å². The Hall–Kier alpha value is -1.14. The molecule has 7 heteroatoms. The first-order valence-electron chi connectivity index (χ1n) is 6.58. The van der Waals surface area contributed by atoms with E-state index in [1.54, 1.807) is 0 Å². The van der Waals surface area contributed by atoms with Crippen molar-refractivity contribution in [1.29, 1.82) is 0 Å². The number of nitrogens with zero attached hydrogens (tertiary/aromatic N) is 5. The summed E-state index contributed by atoms with van der Waals surface area (Å²) in [5.41, 5.74) is 0. The largest absolute Gasteiger partial charge is 0.396 e. The average Bonchev–Trinajstić information content (AvgIpc) is 2.39. The summed E-state index contributed by atoms with van der Waals surface area (Å²) in [5, 5.41) is 9.38. The summed E-state index contributed by atoms with van der Waals surface area (Å²) in [5.74, 6) is 1.17. The molecule has 0 bridgehead atoms. The van der Waals surface area contributed by atoms with Crippen molar-refractivity contribution in [2.45, 2.75) is 31.7 Å². The Kier molecular flexibility index (Phi) is 4.76. The third kappa shape index (κ3) is 3.45. The van der Waals surface area contributed by atoms with Crippen LogP contribution in [0, 0.1) is 0 Å². The summed E-state index contributed by atoms with van der Waals surface area (Å²) >= 11 is 5.97. The molecule has 0 spiro atoms. The summed E-state index contributed by atoms with van der Waals surface area (Å²) in [4.78, 5) is 16.7. The lowest BCUT2D eigenvalue weighted by Gasteiger charge is -2.35. The number of hydrogen-bond acceptors (Lipinski definition) is 6. The maximum Gasteiger partial charge on any atom is 0.231 e. The molecule has 0 aromatic carbocycles. The molecule has 1 fully saturated rings. The van der Waals surface area contributed by atoms with Gasteiger partial charge in [0.25, 0.3) is 0 Å². The first kappa shape index (κ1) is 14.3. The van der Waals surface area contributed by atoms with Crippen LogP contribution in [0.3, 0.4) is 0 Å². The van der Waals surface area contributed by atoms with E-state index in [-0.39, 0.29) is 17.9 Å². The minimum Gasteiger partial charge on any atom is -0.396 e. The van der Waals surface area contributed by atoms with E-state index in [2.05, 4.69) is 19.9 Å². The molecule has 0 amide bonds. The van der Waals surface area contributed by atoms with Crippen molar-refractivity contribution in [3.8, 4) is 0 Å². The van der Waals surface area contributed by atoms with Crippen molar-refractivity contribution in [1.82, 2.24) is 15.0 Å². The molecular formula is C12H20ClN5O. The first-order chi connectivity index (χ1) is 9.11. The van der Waals surface area contributed by atoms with Crippen LogP contribution in [-0.2, 0) is 0 Å². The molecule has 2 rings (SSSR count). The molecule has 1 atom stereocenters. The van der Waals surface area contributed by atoms with E-state index < -0.39 is 0 Å². The third-order valence-electron chi connectivity index (χ3n) is 3.33. The normalized spacial score (nSPS) is 19.6. The van der Waals surface area contributed by atoms with Crippen LogP contribution < -0.4 is 9.80 Å². The Morgan fingerprint density at radius 2 is 2.11 bits per heavy atom. The number of aliphatic hydroxyl groups excluding tert-OH is 1. The van der Waals surface area contributed by atoms with Gasteiger partial charge in [-0.15, -0.1) is 0 Å². The number of hydrogen-bond donors (Lipinski definition) is 1. The zero-order chi connectivity index (χ0) is 13.8. The van der Waals surface area contributed by atoms with Crippen LogP contribution in [-0.4, -0.2) is 53.3 Å². The summed E-state index contributed by atoms with van der Waals surface area (Å²) in [7, 11) is 3.74. The van der Waals surface area contributed by atoms with Crippen molar-refractivity contribution in [3.05, 3.63) is 5.28 Å². The fraction of sp³-hybridized carbons (Fsp3) is 0.750. The number of halogens is 1. The van der Waals surface area contributed by atoms with E-state index in [1.165, 1.54) is 6.42 Å². The van der Waals surface area contributed by atoms with Gasteiger partial charge in [0.15, 0.2) is 0 Å². The lowest BCUT2D eigenvalue weighted by atomic mass is 10.0. The fourth-order valence-electron chi connectivity index (χ4n) is 2.37. The van der Waals surface area contributed by atoms with Gasteiger partial charge in [0.2, 0.25) is 17.2 Å². The molecule has 0 radical (unpaired) electrons. The van der Waals surface area contributed by atoms with E-state index in [0.717, 1.165) is 25.8 Å². The zero-order valence-corrected chi connectivity index (χ0v) is 12.1. The smallest absolute Gasteiger partial charge is 0.231 e. The minimum atomic E-state index is 0.181. The molecule has 6 nitrogen and oxygen atoms in total. The summed E-state index contributed by atoms with van der Waals surface area (Å²) in [6.45, 7) is 1.08. The maximum absolute atomic E-state index is 9.17. The highest BCUT2D eigenvalue weighted by Crippen LogP contribution is 2.25. The Balaban J connectivity index is 2.27. The topological polar surface area (TPSA) is 65.4 Å². The van der Waals surface area contributed by atoms with E-state index in [9.17, 15) is 0 Å². The molecule has 1 N–H and O–H groups in total. The van der Waals surface area contributed by atoms with E-state index in [0.29, 0.717) is 11.9 Å². The molecule has 1 aromatic rings. The van der Waals surface area contributed by atoms with Gasteiger partial charge in [-0.05, 0) is 37.3 Å². The van der Waals surface area contributed by atoms with Crippen LogP contribution in [0.1, 0.15) is 25.7 Å². The first-order valence-corrected chi connectivity index (χ1v) is 6.96. The van der Waals surface area contributed by atoms with Gasteiger partial charge in [-0.2, -0.15) is 15.0 Å². The van der Waals surface area contributed by atoms with Crippen molar-refractivity contribution in [2.75, 3.05) is 37.0 Å². The Bertz CT molecular complexity index is 427. The molecule has 1 unspecified atom stereocenters. The predicted molar refractivity (Wildman–Crippen MR) is 75.9 cm³/mol. The van der Waals surface area contributed by atoms with Gasteiger partial charge >= 0.3 is 0 Å². The quantitative estimate of drug-likeness (QED) is 0.900. The second-order valence-corrected chi connectivity index (χ2v) is 5.29. The highest BCUT2D eigenvalue weighted by molar-refractivity contribution is 6.28. The molecule has 2 heterocycles. The van der Waals surface area contributed by atoms with Gasteiger partial charge in [-0.1, -0.05) is 0 Å². The standard InChI is InChI=1S/C12H20ClN5O/c1-17(2)11-14-10(13)15-12(16-11)18-7-4-3-5-9(18)6-8-19/h9,19H,3-8H2,1-2H3. The van der Waals surface area contributed by atoms with Gasteiger partial charge in [0.05, 0.1) is 0 Å². The van der Waals surface area contributed by atoms with Crippen molar-refractivity contribution >= 4 is 23.5 Å². The van der Waals surface area contributed by atoms with Crippen molar-refractivity contribution < 1.29 is 5.11 Å². The summed E-state index contributed by atoms with van der Waals surface area (Å²) in [6.07, 6.45) is 4.09. The molecule has 19 heavy (non-hydrogen) atoms. The molecule has 1 aliphatic rings. The van der Waals surface area contributed by atoms with E-state index in [1.807, 2.05) is 19.0 Å². The van der Waals surface area contributed by atoms with Crippen LogP contribution in [0.25, 0.3) is 0 Å². The molecular weight excluding hydrogens is 266 g/mol. The number of aliphatic hydroxyl groups is 1. The second kappa shape index (κ2) is 6.34. The number of anilines is 2. The molecule has 1 saturated heterocycles. The molecule has 1 aliphatic heterocycles. The zero-order valence-electron chi connectivity index (χ0n) is 11.4. The summed E-state index contributed by atoms with van der Waals surface area (Å²) in [6, 6.07) is 0.284. The maximum atomic E-state index is 9.17.